The van der Waals surface area contributed by atoms with Gasteiger partial charge in [0.05, 0.1) is 5.52 Å². The number of fused-ring (bicyclic) bond motifs is 3. The lowest BCUT2D eigenvalue weighted by molar-refractivity contribution is -0.121. The first-order valence-electron chi connectivity index (χ1n) is 9.02. The quantitative estimate of drug-likeness (QED) is 0.572. The van der Waals surface area contributed by atoms with Crippen LogP contribution in [0.15, 0.2) is 41.1 Å². The minimum atomic E-state index is -0.321. The number of carbonyl (C=O) groups is 1. The summed E-state index contributed by atoms with van der Waals surface area (Å²) in [6.45, 7) is 0.725. The Morgan fingerprint density at radius 2 is 2.11 bits per heavy atom. The Hall–Kier alpha value is -3.00. The Bertz CT molecular complexity index is 1120. The molecule has 8 heteroatoms. The van der Waals surface area contributed by atoms with Crippen LogP contribution in [0.2, 0.25) is 0 Å². The van der Waals surface area contributed by atoms with Gasteiger partial charge in [-0.25, -0.2) is 9.97 Å². The second-order valence-electron chi connectivity index (χ2n) is 6.62. The Labute approximate surface area is 159 Å². The molecule has 4 aromatic rings. The van der Waals surface area contributed by atoms with E-state index >= 15 is 0 Å². The van der Waals surface area contributed by atoms with E-state index in [2.05, 4.69) is 15.7 Å². The van der Waals surface area contributed by atoms with Crippen LogP contribution in [-0.4, -0.2) is 38.1 Å². The molecule has 0 spiro atoms. The van der Waals surface area contributed by atoms with Crippen LogP contribution in [0.25, 0.3) is 27.9 Å². The van der Waals surface area contributed by atoms with Crippen LogP contribution in [-0.2, 0) is 4.79 Å². The largest absolute Gasteiger partial charge is 0.354 e. The first kappa shape index (κ1) is 16.2. The first-order valence-corrected chi connectivity index (χ1v) is 9.96. The lowest BCUT2D eigenvalue weighted by atomic mass is 10.1. The number of thiophene rings is 1. The van der Waals surface area contributed by atoms with Crippen molar-refractivity contribution in [1.29, 1.82) is 0 Å². The van der Waals surface area contributed by atoms with Crippen LogP contribution in [0, 0.1) is 0 Å². The number of hydrogen-bond acceptors (Lipinski definition) is 6. The fourth-order valence-electron chi connectivity index (χ4n) is 3.40. The van der Waals surface area contributed by atoms with E-state index in [-0.39, 0.29) is 11.9 Å². The number of para-hydroxylation sites is 1. The number of anilines is 1. The maximum Gasteiger partial charge on any atom is 0.242 e. The molecule has 0 radical (unpaired) electrons. The molecule has 1 fully saturated rings. The molecule has 27 heavy (non-hydrogen) atoms. The van der Waals surface area contributed by atoms with Crippen LogP contribution >= 0.6 is 11.3 Å². The van der Waals surface area contributed by atoms with Crippen molar-refractivity contribution < 1.29 is 4.79 Å². The summed E-state index contributed by atoms with van der Waals surface area (Å²) in [6.07, 6.45) is 2.76. The highest BCUT2D eigenvalue weighted by Crippen LogP contribution is 2.25. The summed E-state index contributed by atoms with van der Waals surface area (Å²) in [7, 11) is 0. The second kappa shape index (κ2) is 6.62. The molecule has 1 atom stereocenters. The summed E-state index contributed by atoms with van der Waals surface area (Å²) in [5.41, 5.74) is 2.54. The van der Waals surface area contributed by atoms with Gasteiger partial charge in [0.25, 0.3) is 0 Å². The van der Waals surface area contributed by atoms with E-state index in [1.54, 1.807) is 15.9 Å². The molecule has 5 rings (SSSR count). The Balaban J connectivity index is 1.66. The molecule has 136 valence electrons. The second-order valence-corrected chi connectivity index (χ2v) is 7.40. The lowest BCUT2D eigenvalue weighted by Crippen LogP contribution is -2.38. The fourth-order valence-corrected chi connectivity index (χ4v) is 4.03. The van der Waals surface area contributed by atoms with Gasteiger partial charge in [-0.3, -0.25) is 4.79 Å². The zero-order valence-electron chi connectivity index (χ0n) is 14.6. The van der Waals surface area contributed by atoms with Gasteiger partial charge in [0.2, 0.25) is 11.9 Å². The number of carbonyl (C=O) groups excluding carboxylic acids is 1. The molecule has 0 aliphatic carbocycles. The minimum Gasteiger partial charge on any atom is -0.354 e. The summed E-state index contributed by atoms with van der Waals surface area (Å²) >= 11 is 1.61. The SMILES string of the molecule is O=C1NCCCC[C@H]1Nc1nc2ccccc2c2nc(-c3ccsc3)nn12. The third-order valence-corrected chi connectivity index (χ3v) is 5.48. The smallest absolute Gasteiger partial charge is 0.242 e. The number of benzene rings is 1. The zero-order chi connectivity index (χ0) is 18.2. The van der Waals surface area contributed by atoms with Crippen molar-refractivity contribution in [2.75, 3.05) is 11.9 Å². The average Bonchev–Trinajstić information content (AvgIpc) is 3.32. The molecule has 1 saturated heterocycles. The number of nitrogens with zero attached hydrogens (tertiary/aromatic N) is 4. The Morgan fingerprint density at radius 1 is 1.19 bits per heavy atom. The highest BCUT2D eigenvalue weighted by atomic mass is 32.1. The van der Waals surface area contributed by atoms with Gasteiger partial charge in [0.1, 0.15) is 6.04 Å². The molecule has 7 nitrogen and oxygen atoms in total. The van der Waals surface area contributed by atoms with Gasteiger partial charge in [-0.2, -0.15) is 15.9 Å². The lowest BCUT2D eigenvalue weighted by Gasteiger charge is -2.16. The molecule has 0 unspecified atom stereocenters. The normalized spacial score (nSPS) is 17.8. The van der Waals surface area contributed by atoms with Crippen molar-refractivity contribution >= 4 is 39.7 Å². The summed E-state index contributed by atoms with van der Waals surface area (Å²) in [6, 6.07) is 9.54. The van der Waals surface area contributed by atoms with Crippen molar-refractivity contribution in [2.24, 2.45) is 0 Å². The first-order chi connectivity index (χ1) is 13.3. The van der Waals surface area contributed by atoms with E-state index in [1.807, 2.05) is 41.1 Å². The number of rotatable bonds is 3. The number of aromatic nitrogens is 4. The van der Waals surface area contributed by atoms with Gasteiger partial charge in [-0.15, -0.1) is 5.10 Å². The standard InChI is InChI=1S/C19H18N6OS/c26-18-15(7-3-4-9-20-18)22-19-21-14-6-2-1-5-13(14)17-23-16(24-25(17)19)12-8-10-27-11-12/h1-2,5-6,8,10-11,15H,3-4,7,9H2,(H,20,26)(H,21,22)/t15-/m1/s1. The monoisotopic (exact) mass is 378 g/mol. The number of hydrogen-bond donors (Lipinski definition) is 2. The van der Waals surface area contributed by atoms with Gasteiger partial charge in [-0.05, 0) is 42.8 Å². The molecule has 0 saturated carbocycles. The number of amides is 1. The third-order valence-electron chi connectivity index (χ3n) is 4.80. The summed E-state index contributed by atoms with van der Waals surface area (Å²) in [5.74, 6) is 1.20. The van der Waals surface area contributed by atoms with E-state index in [0.29, 0.717) is 11.8 Å². The van der Waals surface area contributed by atoms with Crippen molar-refractivity contribution in [3.05, 3.63) is 41.1 Å². The van der Waals surface area contributed by atoms with Crippen LogP contribution < -0.4 is 10.6 Å². The van der Waals surface area contributed by atoms with Crippen LogP contribution in [0.5, 0.6) is 0 Å². The molecule has 1 aromatic carbocycles. The van der Waals surface area contributed by atoms with Gasteiger partial charge in [0.15, 0.2) is 11.5 Å². The van der Waals surface area contributed by atoms with Crippen LogP contribution in [0.3, 0.4) is 0 Å². The molecule has 2 N–H and O–H groups in total. The van der Waals surface area contributed by atoms with Crippen molar-refractivity contribution in [3.8, 4) is 11.4 Å². The maximum absolute atomic E-state index is 12.4. The minimum absolute atomic E-state index is 0.00813. The van der Waals surface area contributed by atoms with E-state index in [0.717, 1.165) is 47.9 Å². The average molecular weight is 378 g/mol. The Kier molecular flexibility index (Phi) is 3.97. The van der Waals surface area contributed by atoms with Crippen molar-refractivity contribution in [3.63, 3.8) is 0 Å². The van der Waals surface area contributed by atoms with Crippen molar-refractivity contribution in [1.82, 2.24) is 24.9 Å². The summed E-state index contributed by atoms with van der Waals surface area (Å²) < 4.78 is 1.72. The highest BCUT2D eigenvalue weighted by Gasteiger charge is 2.23. The zero-order valence-corrected chi connectivity index (χ0v) is 15.4. The van der Waals surface area contributed by atoms with Gasteiger partial charge >= 0.3 is 0 Å². The van der Waals surface area contributed by atoms with E-state index in [9.17, 15) is 4.79 Å². The fraction of sp³-hybridized carbons (Fsp3) is 0.263. The molecule has 0 bridgehead atoms. The summed E-state index contributed by atoms with van der Waals surface area (Å²) in [4.78, 5) is 21.8. The molecular weight excluding hydrogens is 360 g/mol. The van der Waals surface area contributed by atoms with E-state index in [4.69, 9.17) is 9.97 Å². The van der Waals surface area contributed by atoms with Gasteiger partial charge in [0, 0.05) is 22.9 Å². The predicted molar refractivity (Wildman–Crippen MR) is 106 cm³/mol. The maximum atomic E-state index is 12.4. The highest BCUT2D eigenvalue weighted by molar-refractivity contribution is 7.08. The Morgan fingerprint density at radius 3 is 3.00 bits per heavy atom. The topological polar surface area (TPSA) is 84.2 Å². The van der Waals surface area contributed by atoms with Crippen LogP contribution in [0.4, 0.5) is 5.95 Å². The van der Waals surface area contributed by atoms with E-state index in [1.165, 1.54) is 0 Å². The van der Waals surface area contributed by atoms with Crippen molar-refractivity contribution in [2.45, 2.75) is 25.3 Å². The number of nitrogens with one attached hydrogen (secondary N) is 2. The van der Waals surface area contributed by atoms with Crippen LogP contribution in [0.1, 0.15) is 19.3 Å². The molecule has 1 aliphatic heterocycles. The third kappa shape index (κ3) is 2.91. The molecule has 1 amide bonds. The molecule has 3 aromatic heterocycles. The molecular formula is C19H18N6OS. The van der Waals surface area contributed by atoms with Gasteiger partial charge < -0.3 is 10.6 Å². The predicted octanol–water partition coefficient (Wildman–Crippen LogP) is 3.09. The summed E-state index contributed by atoms with van der Waals surface area (Å²) in [5, 5.41) is 15.9. The molecule has 4 heterocycles. The van der Waals surface area contributed by atoms with Gasteiger partial charge in [-0.1, -0.05) is 12.1 Å². The van der Waals surface area contributed by atoms with E-state index < -0.39 is 0 Å². The molecule has 1 aliphatic rings.